The van der Waals surface area contributed by atoms with Crippen LogP contribution in [0, 0.1) is 0 Å². The van der Waals surface area contributed by atoms with E-state index in [0.29, 0.717) is 0 Å². The summed E-state index contributed by atoms with van der Waals surface area (Å²) in [6.07, 6.45) is 1.71. The zero-order valence-electron chi connectivity index (χ0n) is 7.44. The monoisotopic (exact) mass is 251 g/mol. The van der Waals surface area contributed by atoms with Gasteiger partial charge >= 0.3 is 0 Å². The van der Waals surface area contributed by atoms with Gasteiger partial charge < -0.3 is 10.7 Å². The molecule has 3 N–H and O–H groups in total. The van der Waals surface area contributed by atoms with Crippen LogP contribution in [0.4, 0.5) is 0 Å². The maximum atomic E-state index is 6.02. The number of imidazole rings is 1. The molecule has 0 saturated heterocycles. The van der Waals surface area contributed by atoms with Crippen molar-refractivity contribution in [3.63, 3.8) is 0 Å². The number of aromatic nitrogens is 2. The molecular formula is C10H10BrN3. The van der Waals surface area contributed by atoms with Gasteiger partial charge in [0.25, 0.3) is 0 Å². The van der Waals surface area contributed by atoms with Crippen molar-refractivity contribution in [2.75, 3.05) is 0 Å². The normalized spacial score (nSPS) is 12.7. The van der Waals surface area contributed by atoms with Gasteiger partial charge in [0, 0.05) is 0 Å². The maximum Gasteiger partial charge on any atom is 0.128 e. The minimum absolute atomic E-state index is 0.192. The van der Waals surface area contributed by atoms with Gasteiger partial charge in [0.15, 0.2) is 0 Å². The maximum absolute atomic E-state index is 6.02. The van der Waals surface area contributed by atoms with Crippen molar-refractivity contribution in [1.82, 2.24) is 9.97 Å². The van der Waals surface area contributed by atoms with E-state index in [0.717, 1.165) is 16.0 Å². The van der Waals surface area contributed by atoms with Gasteiger partial charge in [-0.25, -0.2) is 4.98 Å². The van der Waals surface area contributed by atoms with Crippen LogP contribution in [0.15, 0.2) is 41.1 Å². The Bertz CT molecular complexity index is 410. The van der Waals surface area contributed by atoms with E-state index in [1.165, 1.54) is 0 Å². The lowest BCUT2D eigenvalue weighted by Gasteiger charge is -2.08. The van der Waals surface area contributed by atoms with E-state index in [2.05, 4.69) is 25.9 Å². The SMILES string of the molecule is NC(c1ccccc1)c1ncc(Br)[nH]1. The van der Waals surface area contributed by atoms with Crippen molar-refractivity contribution >= 4 is 15.9 Å². The first-order valence-electron chi connectivity index (χ1n) is 4.28. The molecule has 2 aromatic rings. The third-order valence-electron chi connectivity index (χ3n) is 2.02. The van der Waals surface area contributed by atoms with Crippen LogP contribution in [0.5, 0.6) is 0 Å². The summed E-state index contributed by atoms with van der Waals surface area (Å²) in [5.41, 5.74) is 7.07. The number of hydrogen-bond acceptors (Lipinski definition) is 2. The summed E-state index contributed by atoms with van der Waals surface area (Å²) in [6.45, 7) is 0. The Labute approximate surface area is 90.5 Å². The van der Waals surface area contributed by atoms with Gasteiger partial charge in [0.05, 0.1) is 12.2 Å². The number of nitrogens with zero attached hydrogens (tertiary/aromatic N) is 1. The number of nitrogens with one attached hydrogen (secondary N) is 1. The fourth-order valence-corrected chi connectivity index (χ4v) is 1.59. The zero-order chi connectivity index (χ0) is 9.97. The molecule has 1 aromatic heterocycles. The largest absolute Gasteiger partial charge is 0.335 e. The molecule has 0 radical (unpaired) electrons. The second-order valence-electron chi connectivity index (χ2n) is 3.00. The first kappa shape index (κ1) is 9.43. The van der Waals surface area contributed by atoms with E-state index >= 15 is 0 Å². The van der Waals surface area contributed by atoms with E-state index in [9.17, 15) is 0 Å². The van der Waals surface area contributed by atoms with E-state index in [1.54, 1.807) is 6.20 Å². The number of aromatic amines is 1. The van der Waals surface area contributed by atoms with Crippen LogP contribution >= 0.6 is 15.9 Å². The number of H-pyrrole nitrogens is 1. The van der Waals surface area contributed by atoms with E-state index in [4.69, 9.17) is 5.73 Å². The molecule has 72 valence electrons. The Morgan fingerprint density at radius 2 is 2.00 bits per heavy atom. The van der Waals surface area contributed by atoms with Crippen molar-refractivity contribution in [3.8, 4) is 0 Å². The topological polar surface area (TPSA) is 54.7 Å². The fourth-order valence-electron chi connectivity index (χ4n) is 1.29. The van der Waals surface area contributed by atoms with Crippen LogP contribution in [-0.4, -0.2) is 9.97 Å². The standard InChI is InChI=1S/C10H10BrN3/c11-8-6-13-10(14-8)9(12)7-4-2-1-3-5-7/h1-6,9H,12H2,(H,13,14). The van der Waals surface area contributed by atoms with Crippen molar-refractivity contribution in [1.29, 1.82) is 0 Å². The first-order valence-corrected chi connectivity index (χ1v) is 5.07. The number of rotatable bonds is 2. The molecule has 0 fully saturated rings. The summed E-state index contributed by atoms with van der Waals surface area (Å²) in [4.78, 5) is 7.22. The first-order chi connectivity index (χ1) is 6.77. The van der Waals surface area contributed by atoms with Gasteiger partial charge in [0.1, 0.15) is 10.4 Å². The molecule has 0 amide bonds. The fraction of sp³-hybridized carbons (Fsp3) is 0.100. The zero-order valence-corrected chi connectivity index (χ0v) is 9.03. The summed E-state index contributed by atoms with van der Waals surface area (Å²) < 4.78 is 0.846. The summed E-state index contributed by atoms with van der Waals surface area (Å²) in [6, 6.07) is 9.68. The lowest BCUT2D eigenvalue weighted by atomic mass is 10.1. The van der Waals surface area contributed by atoms with Crippen LogP contribution in [0.25, 0.3) is 0 Å². The summed E-state index contributed by atoms with van der Waals surface area (Å²) in [5, 5.41) is 0. The highest BCUT2D eigenvalue weighted by Gasteiger charge is 2.10. The van der Waals surface area contributed by atoms with Crippen LogP contribution in [0.1, 0.15) is 17.4 Å². The Morgan fingerprint density at radius 1 is 1.29 bits per heavy atom. The van der Waals surface area contributed by atoms with Gasteiger partial charge in [-0.1, -0.05) is 30.3 Å². The second kappa shape index (κ2) is 3.94. The summed E-state index contributed by atoms with van der Waals surface area (Å²) in [5.74, 6) is 0.767. The Hall–Kier alpha value is -1.13. The summed E-state index contributed by atoms with van der Waals surface area (Å²) >= 11 is 3.30. The van der Waals surface area contributed by atoms with E-state index in [1.807, 2.05) is 30.3 Å². The van der Waals surface area contributed by atoms with Crippen molar-refractivity contribution in [2.45, 2.75) is 6.04 Å². The molecule has 14 heavy (non-hydrogen) atoms. The minimum Gasteiger partial charge on any atom is -0.335 e. The average Bonchev–Trinajstić information content (AvgIpc) is 2.65. The second-order valence-corrected chi connectivity index (χ2v) is 3.86. The Balaban J connectivity index is 2.29. The number of benzene rings is 1. The molecule has 1 aromatic carbocycles. The predicted molar refractivity (Wildman–Crippen MR) is 58.8 cm³/mol. The third kappa shape index (κ3) is 1.86. The average molecular weight is 252 g/mol. The Morgan fingerprint density at radius 3 is 2.57 bits per heavy atom. The van der Waals surface area contributed by atoms with Gasteiger partial charge in [-0.15, -0.1) is 0 Å². The third-order valence-corrected chi connectivity index (χ3v) is 2.42. The van der Waals surface area contributed by atoms with Crippen molar-refractivity contribution < 1.29 is 0 Å². The smallest absolute Gasteiger partial charge is 0.128 e. The molecule has 1 unspecified atom stereocenters. The highest BCUT2D eigenvalue weighted by atomic mass is 79.9. The number of nitrogens with two attached hydrogens (primary N) is 1. The van der Waals surface area contributed by atoms with Gasteiger partial charge in [-0.2, -0.15) is 0 Å². The highest BCUT2D eigenvalue weighted by molar-refractivity contribution is 9.10. The summed E-state index contributed by atoms with van der Waals surface area (Å²) in [7, 11) is 0. The lowest BCUT2D eigenvalue weighted by molar-refractivity contribution is 0.799. The molecule has 0 aliphatic rings. The van der Waals surface area contributed by atoms with Gasteiger partial charge in [-0.05, 0) is 21.5 Å². The molecule has 1 atom stereocenters. The molecule has 0 aliphatic heterocycles. The van der Waals surface area contributed by atoms with Crippen molar-refractivity contribution in [2.24, 2.45) is 5.73 Å². The molecular weight excluding hydrogens is 242 g/mol. The molecule has 2 rings (SSSR count). The highest BCUT2D eigenvalue weighted by Crippen LogP contribution is 2.17. The van der Waals surface area contributed by atoms with Gasteiger partial charge in [-0.3, -0.25) is 0 Å². The lowest BCUT2D eigenvalue weighted by Crippen LogP contribution is -2.13. The Kier molecular flexibility index (Phi) is 2.65. The molecule has 0 saturated carbocycles. The molecule has 0 bridgehead atoms. The van der Waals surface area contributed by atoms with Crippen LogP contribution in [-0.2, 0) is 0 Å². The molecule has 0 aliphatic carbocycles. The van der Waals surface area contributed by atoms with E-state index in [-0.39, 0.29) is 6.04 Å². The molecule has 3 nitrogen and oxygen atoms in total. The minimum atomic E-state index is -0.192. The quantitative estimate of drug-likeness (QED) is 0.860. The number of hydrogen-bond donors (Lipinski definition) is 2. The van der Waals surface area contributed by atoms with Crippen LogP contribution in [0.3, 0.4) is 0 Å². The van der Waals surface area contributed by atoms with E-state index < -0.39 is 0 Å². The predicted octanol–water partition coefficient (Wildman–Crippen LogP) is 2.22. The van der Waals surface area contributed by atoms with Gasteiger partial charge in [0.2, 0.25) is 0 Å². The number of halogens is 1. The molecule has 4 heteroatoms. The molecule has 1 heterocycles. The van der Waals surface area contributed by atoms with Crippen LogP contribution in [0.2, 0.25) is 0 Å². The van der Waals surface area contributed by atoms with Crippen molar-refractivity contribution in [3.05, 3.63) is 52.5 Å². The van der Waals surface area contributed by atoms with Crippen LogP contribution < -0.4 is 5.73 Å². The molecule has 0 spiro atoms.